The summed E-state index contributed by atoms with van der Waals surface area (Å²) in [6.07, 6.45) is 4.69. The fourth-order valence-electron chi connectivity index (χ4n) is 4.37. The van der Waals surface area contributed by atoms with E-state index in [0.29, 0.717) is 0 Å². The van der Waals surface area contributed by atoms with Crippen LogP contribution in [-0.4, -0.2) is 47.7 Å². The molecule has 29 heavy (non-hydrogen) atoms. The van der Waals surface area contributed by atoms with Gasteiger partial charge in [0.15, 0.2) is 0 Å². The highest BCUT2D eigenvalue weighted by atomic mass is 16.5. The number of likely N-dealkylation sites (tertiary alicyclic amines) is 1. The number of nitrogens with zero attached hydrogens (tertiary/aromatic N) is 4. The number of rotatable bonds is 6. The van der Waals surface area contributed by atoms with Gasteiger partial charge in [0, 0.05) is 37.5 Å². The van der Waals surface area contributed by atoms with Crippen LogP contribution in [0.25, 0.3) is 10.9 Å². The number of aromatic nitrogens is 2. The van der Waals surface area contributed by atoms with Gasteiger partial charge in [-0.2, -0.15) is 0 Å². The summed E-state index contributed by atoms with van der Waals surface area (Å²) in [6.45, 7) is 6.17. The van der Waals surface area contributed by atoms with E-state index in [2.05, 4.69) is 46.2 Å². The van der Waals surface area contributed by atoms with Crippen molar-refractivity contribution in [2.75, 3.05) is 37.7 Å². The highest BCUT2D eigenvalue weighted by Crippen LogP contribution is 2.25. The average Bonchev–Trinajstić information content (AvgIpc) is 3.29. The summed E-state index contributed by atoms with van der Waals surface area (Å²) in [5.41, 5.74) is 3.49. The molecule has 5 rings (SSSR count). The molecule has 0 spiro atoms. The van der Waals surface area contributed by atoms with Crippen molar-refractivity contribution in [3.63, 3.8) is 0 Å². The zero-order valence-electron chi connectivity index (χ0n) is 16.9. The molecular formula is C24H28N4O. The summed E-state index contributed by atoms with van der Waals surface area (Å²) in [5.74, 6) is 1.80. The van der Waals surface area contributed by atoms with Gasteiger partial charge in [-0.1, -0.05) is 24.3 Å². The summed E-state index contributed by atoms with van der Waals surface area (Å²) >= 11 is 0. The van der Waals surface area contributed by atoms with E-state index in [0.717, 1.165) is 56.3 Å². The van der Waals surface area contributed by atoms with Crippen LogP contribution in [0.5, 0.6) is 5.88 Å². The zero-order valence-corrected chi connectivity index (χ0v) is 16.9. The van der Waals surface area contributed by atoms with Crippen molar-refractivity contribution in [1.29, 1.82) is 0 Å². The summed E-state index contributed by atoms with van der Waals surface area (Å²) < 4.78 is 5.93. The molecule has 4 heterocycles. The maximum absolute atomic E-state index is 5.93. The second kappa shape index (κ2) is 8.37. The van der Waals surface area contributed by atoms with E-state index < -0.39 is 0 Å². The SMILES string of the molecule is c1ccc2nc(N3CCc4nc(OCCCN5CCCC5)ccc4C3)ccc2c1. The topological polar surface area (TPSA) is 41.5 Å². The van der Waals surface area contributed by atoms with Crippen LogP contribution >= 0.6 is 0 Å². The first-order valence-corrected chi connectivity index (χ1v) is 10.8. The third-order valence-corrected chi connectivity index (χ3v) is 6.00. The molecule has 0 amide bonds. The quantitative estimate of drug-likeness (QED) is 0.596. The summed E-state index contributed by atoms with van der Waals surface area (Å²) in [7, 11) is 0. The van der Waals surface area contributed by atoms with E-state index >= 15 is 0 Å². The smallest absolute Gasteiger partial charge is 0.213 e. The molecule has 0 saturated carbocycles. The van der Waals surface area contributed by atoms with Gasteiger partial charge in [-0.05, 0) is 56.1 Å². The number of hydrogen-bond acceptors (Lipinski definition) is 5. The van der Waals surface area contributed by atoms with Crippen LogP contribution in [0.3, 0.4) is 0 Å². The first kappa shape index (κ1) is 18.4. The molecule has 0 atom stereocenters. The van der Waals surface area contributed by atoms with Crippen molar-refractivity contribution in [2.45, 2.75) is 32.2 Å². The van der Waals surface area contributed by atoms with Gasteiger partial charge in [0.25, 0.3) is 0 Å². The maximum atomic E-state index is 5.93. The Morgan fingerprint density at radius 2 is 1.79 bits per heavy atom. The Balaban J connectivity index is 1.20. The van der Waals surface area contributed by atoms with E-state index in [1.807, 2.05) is 12.1 Å². The minimum Gasteiger partial charge on any atom is -0.478 e. The lowest BCUT2D eigenvalue weighted by molar-refractivity contribution is 0.256. The molecule has 3 aromatic rings. The number of anilines is 1. The molecule has 0 aliphatic carbocycles. The van der Waals surface area contributed by atoms with Gasteiger partial charge in [-0.15, -0.1) is 0 Å². The Labute approximate surface area is 172 Å². The summed E-state index contributed by atoms with van der Waals surface area (Å²) in [4.78, 5) is 14.5. The molecule has 2 aliphatic heterocycles. The molecule has 5 heteroatoms. The molecule has 0 unspecified atom stereocenters. The molecule has 150 valence electrons. The van der Waals surface area contributed by atoms with Gasteiger partial charge >= 0.3 is 0 Å². The molecule has 1 saturated heterocycles. The second-order valence-electron chi connectivity index (χ2n) is 8.04. The van der Waals surface area contributed by atoms with Crippen LogP contribution in [-0.2, 0) is 13.0 Å². The van der Waals surface area contributed by atoms with Crippen LogP contribution in [0.2, 0.25) is 0 Å². The largest absolute Gasteiger partial charge is 0.478 e. The molecule has 0 radical (unpaired) electrons. The van der Waals surface area contributed by atoms with Crippen molar-refractivity contribution >= 4 is 16.7 Å². The standard InChI is InChI=1S/C24H28N4O/c1-2-7-21-19(6-1)8-10-23(25-21)28-16-12-22-20(18-28)9-11-24(26-22)29-17-5-15-27-13-3-4-14-27/h1-2,6-11H,3-5,12-18H2. The number of fused-ring (bicyclic) bond motifs is 2. The molecule has 5 nitrogen and oxygen atoms in total. The van der Waals surface area contributed by atoms with Gasteiger partial charge in [0.1, 0.15) is 5.82 Å². The zero-order chi connectivity index (χ0) is 19.5. The monoisotopic (exact) mass is 388 g/mol. The highest BCUT2D eigenvalue weighted by Gasteiger charge is 2.19. The average molecular weight is 389 g/mol. The predicted octanol–water partition coefficient (Wildman–Crippen LogP) is 4.06. The number of pyridine rings is 2. The lowest BCUT2D eigenvalue weighted by Crippen LogP contribution is -2.31. The number of benzene rings is 1. The second-order valence-corrected chi connectivity index (χ2v) is 8.04. The Bertz CT molecular complexity index is 984. The van der Waals surface area contributed by atoms with Crippen molar-refractivity contribution in [2.24, 2.45) is 0 Å². The third kappa shape index (κ3) is 4.20. The van der Waals surface area contributed by atoms with Gasteiger partial charge in [-0.3, -0.25) is 0 Å². The van der Waals surface area contributed by atoms with Crippen molar-refractivity contribution in [1.82, 2.24) is 14.9 Å². The molecule has 0 N–H and O–H groups in total. The van der Waals surface area contributed by atoms with E-state index in [1.54, 1.807) is 0 Å². The lowest BCUT2D eigenvalue weighted by atomic mass is 10.1. The number of ether oxygens (including phenoxy) is 1. The number of para-hydroxylation sites is 1. The maximum Gasteiger partial charge on any atom is 0.213 e. The minimum atomic E-state index is 0.745. The van der Waals surface area contributed by atoms with Crippen LogP contribution in [0.4, 0.5) is 5.82 Å². The molecule has 1 aromatic carbocycles. The van der Waals surface area contributed by atoms with Crippen LogP contribution in [0, 0.1) is 0 Å². The Morgan fingerprint density at radius 3 is 2.72 bits per heavy atom. The van der Waals surface area contributed by atoms with Crippen LogP contribution < -0.4 is 9.64 Å². The van der Waals surface area contributed by atoms with E-state index in [4.69, 9.17) is 14.7 Å². The van der Waals surface area contributed by atoms with Gasteiger partial charge < -0.3 is 14.5 Å². The van der Waals surface area contributed by atoms with Crippen LogP contribution in [0.15, 0.2) is 48.5 Å². The van der Waals surface area contributed by atoms with Crippen molar-refractivity contribution in [3.8, 4) is 5.88 Å². The Kier molecular flexibility index (Phi) is 5.31. The van der Waals surface area contributed by atoms with E-state index in [9.17, 15) is 0 Å². The molecule has 0 bridgehead atoms. The normalized spacial score (nSPS) is 16.9. The Hall–Kier alpha value is -2.66. The van der Waals surface area contributed by atoms with Gasteiger partial charge in [-0.25, -0.2) is 9.97 Å². The van der Waals surface area contributed by atoms with Crippen molar-refractivity contribution < 1.29 is 4.74 Å². The minimum absolute atomic E-state index is 0.745. The fraction of sp³-hybridized carbons (Fsp3) is 0.417. The fourth-order valence-corrected chi connectivity index (χ4v) is 4.37. The molecular weight excluding hydrogens is 360 g/mol. The summed E-state index contributed by atoms with van der Waals surface area (Å²) in [5, 5.41) is 1.18. The molecule has 2 aromatic heterocycles. The first-order chi connectivity index (χ1) is 14.3. The Morgan fingerprint density at radius 1 is 0.897 bits per heavy atom. The van der Waals surface area contributed by atoms with E-state index in [-0.39, 0.29) is 0 Å². The lowest BCUT2D eigenvalue weighted by Gasteiger charge is -2.29. The van der Waals surface area contributed by atoms with Crippen molar-refractivity contribution in [3.05, 3.63) is 59.8 Å². The number of hydrogen-bond donors (Lipinski definition) is 0. The molecule has 1 fully saturated rings. The van der Waals surface area contributed by atoms with Gasteiger partial charge in [0.05, 0.1) is 17.8 Å². The summed E-state index contributed by atoms with van der Waals surface area (Å²) in [6, 6.07) is 16.8. The third-order valence-electron chi connectivity index (χ3n) is 6.00. The van der Waals surface area contributed by atoms with E-state index in [1.165, 1.54) is 42.6 Å². The molecule has 2 aliphatic rings. The van der Waals surface area contributed by atoms with Gasteiger partial charge in [0.2, 0.25) is 5.88 Å². The predicted molar refractivity (Wildman–Crippen MR) is 117 cm³/mol. The van der Waals surface area contributed by atoms with Crippen LogP contribution in [0.1, 0.15) is 30.5 Å². The first-order valence-electron chi connectivity index (χ1n) is 10.8. The highest BCUT2D eigenvalue weighted by molar-refractivity contribution is 5.80.